The summed E-state index contributed by atoms with van der Waals surface area (Å²) in [6, 6.07) is 0. The summed E-state index contributed by atoms with van der Waals surface area (Å²) in [7, 11) is 0. The van der Waals surface area contributed by atoms with Crippen LogP contribution in [0.4, 0.5) is 0 Å². The van der Waals surface area contributed by atoms with E-state index in [4.69, 9.17) is 5.11 Å². The number of aliphatic carboxylic acids is 1. The van der Waals surface area contributed by atoms with Crippen LogP contribution in [0, 0.1) is 11.8 Å². The number of hydrogen-bond donors (Lipinski definition) is 1. The Hall–Kier alpha value is -0.860. The van der Waals surface area contributed by atoms with Crippen LogP contribution in [0.5, 0.6) is 0 Å². The summed E-state index contributed by atoms with van der Waals surface area (Å²) in [4.78, 5) is 20.7. The van der Waals surface area contributed by atoms with Gasteiger partial charge in [0, 0.05) is 6.42 Å². The maximum atomic E-state index is 10.5. The first-order valence-electron chi connectivity index (χ1n) is 3.33. The molecular weight excluding hydrogens is 132 g/mol. The van der Waals surface area contributed by atoms with E-state index in [-0.39, 0.29) is 17.6 Å². The van der Waals surface area contributed by atoms with Crippen LogP contribution < -0.4 is 0 Å². The average molecular weight is 142 g/mol. The van der Waals surface area contributed by atoms with E-state index in [0.717, 1.165) is 0 Å². The second-order valence-corrected chi connectivity index (χ2v) is 2.85. The van der Waals surface area contributed by atoms with Crippen molar-refractivity contribution in [2.24, 2.45) is 11.8 Å². The molecule has 0 saturated heterocycles. The van der Waals surface area contributed by atoms with Crippen molar-refractivity contribution in [1.82, 2.24) is 0 Å². The standard InChI is InChI=1S/C7H10O3/c1-4(8)2-5-3-6(5)7(9)10/h5-6H,2-3H2,1H3,(H,9,10)/t5?,6-/m0/s1. The molecule has 1 aliphatic rings. The van der Waals surface area contributed by atoms with Crippen LogP contribution in [0.25, 0.3) is 0 Å². The Morgan fingerprint density at radius 2 is 2.20 bits per heavy atom. The lowest BCUT2D eigenvalue weighted by atomic mass is 10.2. The Morgan fingerprint density at radius 1 is 1.60 bits per heavy atom. The van der Waals surface area contributed by atoms with E-state index in [0.29, 0.717) is 12.8 Å². The Balaban J connectivity index is 2.26. The highest BCUT2D eigenvalue weighted by molar-refractivity contribution is 5.79. The minimum Gasteiger partial charge on any atom is -0.481 e. The normalized spacial score (nSPS) is 29.7. The molecule has 0 aliphatic heterocycles. The van der Waals surface area contributed by atoms with E-state index < -0.39 is 5.97 Å². The molecule has 1 unspecified atom stereocenters. The molecule has 1 fully saturated rings. The van der Waals surface area contributed by atoms with Crippen molar-refractivity contribution in [1.29, 1.82) is 0 Å². The highest BCUT2D eigenvalue weighted by Gasteiger charge is 2.43. The second-order valence-electron chi connectivity index (χ2n) is 2.85. The average Bonchev–Trinajstić information content (AvgIpc) is 2.43. The first-order chi connectivity index (χ1) is 4.61. The number of carboxylic acids is 1. The first kappa shape index (κ1) is 7.25. The lowest BCUT2D eigenvalue weighted by Gasteiger charge is -1.89. The van der Waals surface area contributed by atoms with Crippen molar-refractivity contribution in [3.05, 3.63) is 0 Å². The maximum Gasteiger partial charge on any atom is 0.306 e. The summed E-state index contributed by atoms with van der Waals surface area (Å²) >= 11 is 0. The second kappa shape index (κ2) is 2.40. The molecular formula is C7H10O3. The molecule has 0 spiro atoms. The molecule has 3 nitrogen and oxygen atoms in total. The van der Waals surface area contributed by atoms with Gasteiger partial charge in [-0.3, -0.25) is 4.79 Å². The summed E-state index contributed by atoms with van der Waals surface area (Å²) in [5, 5.41) is 8.43. The number of carbonyl (C=O) groups excluding carboxylic acids is 1. The number of carbonyl (C=O) groups is 2. The lowest BCUT2D eigenvalue weighted by molar-refractivity contribution is -0.138. The molecule has 0 heterocycles. The van der Waals surface area contributed by atoms with Crippen LogP contribution in [-0.2, 0) is 9.59 Å². The minimum atomic E-state index is -0.758. The topological polar surface area (TPSA) is 54.4 Å². The molecule has 0 bridgehead atoms. The van der Waals surface area contributed by atoms with E-state index >= 15 is 0 Å². The predicted octanol–water partition coefficient (Wildman–Crippen LogP) is 0.686. The monoisotopic (exact) mass is 142 g/mol. The van der Waals surface area contributed by atoms with Gasteiger partial charge in [-0.05, 0) is 19.3 Å². The minimum absolute atomic E-state index is 0.0914. The number of carboxylic acid groups (broad SMARTS) is 1. The molecule has 1 rings (SSSR count). The first-order valence-corrected chi connectivity index (χ1v) is 3.33. The van der Waals surface area contributed by atoms with Crippen LogP contribution in [0.2, 0.25) is 0 Å². The zero-order valence-electron chi connectivity index (χ0n) is 5.83. The molecule has 56 valence electrons. The molecule has 0 aromatic carbocycles. The van der Waals surface area contributed by atoms with E-state index in [1.165, 1.54) is 6.92 Å². The van der Waals surface area contributed by atoms with Gasteiger partial charge in [0.15, 0.2) is 0 Å². The van der Waals surface area contributed by atoms with Crippen molar-refractivity contribution in [3.63, 3.8) is 0 Å². The zero-order valence-corrected chi connectivity index (χ0v) is 5.83. The van der Waals surface area contributed by atoms with Gasteiger partial charge in [0.2, 0.25) is 0 Å². The van der Waals surface area contributed by atoms with Crippen molar-refractivity contribution in [2.45, 2.75) is 19.8 Å². The Bertz CT molecular complexity index is 174. The Morgan fingerprint density at radius 3 is 2.50 bits per heavy atom. The van der Waals surface area contributed by atoms with Crippen molar-refractivity contribution < 1.29 is 14.7 Å². The quantitative estimate of drug-likeness (QED) is 0.630. The molecule has 3 heteroatoms. The van der Waals surface area contributed by atoms with Gasteiger partial charge in [-0.15, -0.1) is 0 Å². The lowest BCUT2D eigenvalue weighted by Crippen LogP contribution is -2.01. The maximum absolute atomic E-state index is 10.5. The molecule has 2 atom stereocenters. The highest BCUT2D eigenvalue weighted by atomic mass is 16.4. The van der Waals surface area contributed by atoms with Gasteiger partial charge in [-0.1, -0.05) is 0 Å². The van der Waals surface area contributed by atoms with Gasteiger partial charge < -0.3 is 9.90 Å². The molecule has 1 N–H and O–H groups in total. The predicted molar refractivity (Wildman–Crippen MR) is 34.5 cm³/mol. The fourth-order valence-corrected chi connectivity index (χ4v) is 1.14. The van der Waals surface area contributed by atoms with Gasteiger partial charge in [-0.25, -0.2) is 0 Å². The molecule has 0 aromatic rings. The summed E-state index contributed by atoms with van der Waals surface area (Å²) in [6.45, 7) is 1.50. The summed E-state index contributed by atoms with van der Waals surface area (Å²) in [5.41, 5.74) is 0. The van der Waals surface area contributed by atoms with E-state index in [1.807, 2.05) is 0 Å². The Kier molecular flexibility index (Phi) is 1.74. The highest BCUT2D eigenvalue weighted by Crippen LogP contribution is 2.41. The fourth-order valence-electron chi connectivity index (χ4n) is 1.14. The van der Waals surface area contributed by atoms with E-state index in [1.54, 1.807) is 0 Å². The third kappa shape index (κ3) is 1.56. The van der Waals surface area contributed by atoms with Crippen molar-refractivity contribution in [3.8, 4) is 0 Å². The molecule has 0 aromatic heterocycles. The van der Waals surface area contributed by atoms with Crippen LogP contribution in [0.3, 0.4) is 0 Å². The summed E-state index contributed by atoms with van der Waals surface area (Å²) in [6.07, 6.45) is 1.13. The van der Waals surface area contributed by atoms with E-state index in [2.05, 4.69) is 0 Å². The summed E-state index contributed by atoms with van der Waals surface area (Å²) < 4.78 is 0. The fraction of sp³-hybridized carbons (Fsp3) is 0.714. The van der Waals surface area contributed by atoms with Gasteiger partial charge in [0.05, 0.1) is 5.92 Å². The van der Waals surface area contributed by atoms with E-state index in [9.17, 15) is 9.59 Å². The number of ketones is 1. The molecule has 0 amide bonds. The van der Waals surface area contributed by atoms with Crippen LogP contribution in [-0.4, -0.2) is 16.9 Å². The van der Waals surface area contributed by atoms with Crippen molar-refractivity contribution >= 4 is 11.8 Å². The van der Waals surface area contributed by atoms with Gasteiger partial charge >= 0.3 is 5.97 Å². The van der Waals surface area contributed by atoms with Crippen molar-refractivity contribution in [2.75, 3.05) is 0 Å². The number of rotatable bonds is 3. The number of Topliss-reactive ketones (excluding diaryl/α,β-unsaturated/α-hetero) is 1. The van der Waals surface area contributed by atoms with Crippen LogP contribution in [0.15, 0.2) is 0 Å². The largest absolute Gasteiger partial charge is 0.481 e. The number of hydrogen-bond acceptors (Lipinski definition) is 2. The smallest absolute Gasteiger partial charge is 0.306 e. The van der Waals surface area contributed by atoms with Crippen LogP contribution in [0.1, 0.15) is 19.8 Å². The SMILES string of the molecule is CC(=O)CC1C[C@@H]1C(=O)O. The Labute approximate surface area is 59.0 Å². The molecule has 1 saturated carbocycles. The summed E-state index contributed by atoms with van der Waals surface area (Å²) in [5.74, 6) is -0.765. The molecule has 1 aliphatic carbocycles. The molecule has 0 radical (unpaired) electrons. The van der Waals surface area contributed by atoms with Crippen LogP contribution >= 0.6 is 0 Å². The van der Waals surface area contributed by atoms with Gasteiger partial charge in [0.1, 0.15) is 5.78 Å². The molecule has 10 heavy (non-hydrogen) atoms. The third-order valence-corrected chi connectivity index (χ3v) is 1.79. The van der Waals surface area contributed by atoms with Gasteiger partial charge in [-0.2, -0.15) is 0 Å². The zero-order chi connectivity index (χ0) is 7.72. The third-order valence-electron chi connectivity index (χ3n) is 1.79. The van der Waals surface area contributed by atoms with Gasteiger partial charge in [0.25, 0.3) is 0 Å².